The third kappa shape index (κ3) is 4.52. The van der Waals surface area contributed by atoms with Gasteiger partial charge in [-0.3, -0.25) is 4.79 Å². The molecule has 0 aliphatic carbocycles. The van der Waals surface area contributed by atoms with Crippen LogP contribution < -0.4 is 10.6 Å². The first kappa shape index (κ1) is 22.4. The van der Waals surface area contributed by atoms with E-state index in [1.807, 2.05) is 19.1 Å². The summed E-state index contributed by atoms with van der Waals surface area (Å²) >= 11 is 6.31. The van der Waals surface area contributed by atoms with Crippen LogP contribution in [-0.2, 0) is 6.18 Å². The summed E-state index contributed by atoms with van der Waals surface area (Å²) in [7, 11) is 0. The highest BCUT2D eigenvalue weighted by atomic mass is 35.5. The van der Waals surface area contributed by atoms with Gasteiger partial charge in [0, 0.05) is 16.6 Å². The number of carbonyl (C=O) groups excluding carboxylic acids is 1. The zero-order valence-corrected chi connectivity index (χ0v) is 18.1. The van der Waals surface area contributed by atoms with Crippen LogP contribution >= 0.6 is 11.6 Å². The predicted molar refractivity (Wildman–Crippen MR) is 118 cm³/mol. The lowest BCUT2D eigenvalue weighted by atomic mass is 9.91. The van der Waals surface area contributed by atoms with Gasteiger partial charge in [0.25, 0.3) is 5.91 Å². The molecular formula is C23H22ClF3N4O. The maximum Gasteiger partial charge on any atom is 0.416 e. The minimum Gasteiger partial charge on any atom is -0.322 e. The van der Waals surface area contributed by atoms with E-state index in [0.29, 0.717) is 10.6 Å². The van der Waals surface area contributed by atoms with Crippen LogP contribution in [0, 0.1) is 6.92 Å². The Morgan fingerprint density at radius 1 is 1.19 bits per heavy atom. The molecule has 3 aromatic rings. The van der Waals surface area contributed by atoms with E-state index in [9.17, 15) is 18.0 Å². The van der Waals surface area contributed by atoms with Gasteiger partial charge in [0.15, 0.2) is 0 Å². The average Bonchev–Trinajstić information content (AvgIpc) is 3.21. The van der Waals surface area contributed by atoms with Crippen molar-refractivity contribution in [2.24, 2.45) is 0 Å². The fraction of sp³-hybridized carbons (Fsp3) is 0.304. The summed E-state index contributed by atoms with van der Waals surface area (Å²) in [6.45, 7) is 3.49. The Hall–Kier alpha value is -2.84. The zero-order chi connectivity index (χ0) is 22.9. The lowest BCUT2D eigenvalue weighted by Crippen LogP contribution is -2.29. The van der Waals surface area contributed by atoms with Crippen molar-refractivity contribution in [2.45, 2.75) is 31.9 Å². The molecule has 1 aliphatic rings. The standard InChI is InChI=1S/C23H22ClF3N4O/c1-14-19(24)6-3-7-20(14)31-21(15-8-10-28-11-9-15)18(13-29-31)22(32)30-17-5-2-4-16(12-17)23(25,26)27/h2-7,12-13,15,28H,8-11H2,1H3,(H,30,32). The maximum atomic E-state index is 13.1. The summed E-state index contributed by atoms with van der Waals surface area (Å²) in [5, 5.41) is 11.0. The number of alkyl halides is 3. The summed E-state index contributed by atoms with van der Waals surface area (Å²) in [6, 6.07) is 10.1. The molecule has 2 aromatic carbocycles. The first-order valence-corrected chi connectivity index (χ1v) is 10.7. The molecule has 1 aliphatic heterocycles. The van der Waals surface area contributed by atoms with Gasteiger partial charge < -0.3 is 10.6 Å². The lowest BCUT2D eigenvalue weighted by molar-refractivity contribution is -0.137. The van der Waals surface area contributed by atoms with E-state index in [1.165, 1.54) is 18.3 Å². The Morgan fingerprint density at radius 3 is 2.62 bits per heavy atom. The molecular weight excluding hydrogens is 441 g/mol. The second-order valence-corrected chi connectivity index (χ2v) is 8.20. The van der Waals surface area contributed by atoms with Crippen LogP contribution in [0.15, 0.2) is 48.7 Å². The topological polar surface area (TPSA) is 59.0 Å². The molecule has 9 heteroatoms. The number of hydrogen-bond acceptors (Lipinski definition) is 3. The van der Waals surface area contributed by atoms with Gasteiger partial charge in [-0.2, -0.15) is 18.3 Å². The van der Waals surface area contributed by atoms with Crippen LogP contribution in [0.1, 0.15) is 45.9 Å². The third-order valence-corrected chi connectivity index (χ3v) is 6.10. The van der Waals surface area contributed by atoms with Crippen LogP contribution in [0.2, 0.25) is 5.02 Å². The Labute approximate surface area is 188 Å². The number of aromatic nitrogens is 2. The van der Waals surface area contributed by atoms with Crippen LogP contribution in [0.3, 0.4) is 0 Å². The molecule has 32 heavy (non-hydrogen) atoms. The average molecular weight is 463 g/mol. The summed E-state index contributed by atoms with van der Waals surface area (Å²) in [5.74, 6) is -0.428. The quantitative estimate of drug-likeness (QED) is 0.532. The summed E-state index contributed by atoms with van der Waals surface area (Å²) in [6.07, 6.45) is -1.39. The van der Waals surface area contributed by atoms with Gasteiger partial charge in [0.2, 0.25) is 0 Å². The Bertz CT molecular complexity index is 1140. The smallest absolute Gasteiger partial charge is 0.322 e. The third-order valence-electron chi connectivity index (χ3n) is 5.69. The Balaban J connectivity index is 1.73. The summed E-state index contributed by atoms with van der Waals surface area (Å²) in [4.78, 5) is 13.1. The minimum absolute atomic E-state index is 0.0689. The molecule has 0 unspecified atom stereocenters. The second kappa shape index (κ2) is 8.96. The number of hydrogen-bond donors (Lipinski definition) is 2. The van der Waals surface area contributed by atoms with Crippen molar-refractivity contribution in [1.29, 1.82) is 0 Å². The second-order valence-electron chi connectivity index (χ2n) is 7.80. The van der Waals surface area contributed by atoms with E-state index in [0.717, 1.165) is 55.0 Å². The summed E-state index contributed by atoms with van der Waals surface area (Å²) in [5.41, 5.74) is 1.93. The van der Waals surface area contributed by atoms with Gasteiger partial charge in [-0.1, -0.05) is 23.7 Å². The zero-order valence-electron chi connectivity index (χ0n) is 17.3. The number of carbonyl (C=O) groups is 1. The first-order chi connectivity index (χ1) is 15.3. The SMILES string of the molecule is Cc1c(Cl)cccc1-n1ncc(C(=O)Nc2cccc(C(F)(F)F)c2)c1C1CCNCC1. The van der Waals surface area contributed by atoms with Crippen LogP contribution in [-0.4, -0.2) is 28.8 Å². The van der Waals surface area contributed by atoms with Crippen molar-refractivity contribution in [3.8, 4) is 5.69 Å². The van der Waals surface area contributed by atoms with Crippen LogP contribution in [0.25, 0.3) is 5.69 Å². The van der Waals surface area contributed by atoms with Gasteiger partial charge in [-0.15, -0.1) is 0 Å². The molecule has 2 heterocycles. The Kier molecular flexibility index (Phi) is 6.26. The number of nitrogens with zero attached hydrogens (tertiary/aromatic N) is 2. The van der Waals surface area contributed by atoms with E-state index in [4.69, 9.17) is 11.6 Å². The molecule has 5 nitrogen and oxygen atoms in total. The van der Waals surface area contributed by atoms with Crippen molar-refractivity contribution < 1.29 is 18.0 Å². The highest BCUT2D eigenvalue weighted by Gasteiger charge is 2.31. The number of halogens is 4. The van der Waals surface area contributed by atoms with E-state index >= 15 is 0 Å². The number of amides is 1. The van der Waals surface area contributed by atoms with Gasteiger partial charge in [0.1, 0.15) is 0 Å². The van der Waals surface area contributed by atoms with E-state index in [2.05, 4.69) is 15.7 Å². The van der Waals surface area contributed by atoms with Crippen molar-refractivity contribution >= 4 is 23.2 Å². The Morgan fingerprint density at radius 2 is 1.91 bits per heavy atom. The minimum atomic E-state index is -4.49. The molecule has 0 spiro atoms. The number of benzene rings is 2. The van der Waals surface area contributed by atoms with Crippen LogP contribution in [0.4, 0.5) is 18.9 Å². The van der Waals surface area contributed by atoms with E-state index in [-0.39, 0.29) is 11.6 Å². The number of nitrogens with one attached hydrogen (secondary N) is 2. The molecule has 168 valence electrons. The monoisotopic (exact) mass is 462 g/mol. The molecule has 1 amide bonds. The molecule has 1 aromatic heterocycles. The number of rotatable bonds is 4. The molecule has 0 atom stereocenters. The van der Waals surface area contributed by atoms with Crippen LogP contribution in [0.5, 0.6) is 0 Å². The van der Waals surface area contributed by atoms with Gasteiger partial charge >= 0.3 is 6.18 Å². The van der Waals surface area contributed by atoms with E-state index in [1.54, 1.807) is 10.7 Å². The largest absolute Gasteiger partial charge is 0.416 e. The summed E-state index contributed by atoms with van der Waals surface area (Å²) < 4.78 is 40.9. The molecule has 2 N–H and O–H groups in total. The molecule has 0 radical (unpaired) electrons. The highest BCUT2D eigenvalue weighted by Crippen LogP contribution is 2.34. The molecule has 1 saturated heterocycles. The van der Waals surface area contributed by atoms with Crippen molar-refractivity contribution in [3.05, 3.63) is 76.1 Å². The fourth-order valence-corrected chi connectivity index (χ4v) is 4.18. The van der Waals surface area contributed by atoms with Crippen molar-refractivity contribution in [1.82, 2.24) is 15.1 Å². The van der Waals surface area contributed by atoms with Crippen molar-refractivity contribution in [3.63, 3.8) is 0 Å². The number of anilines is 1. The lowest BCUT2D eigenvalue weighted by Gasteiger charge is -2.25. The molecule has 0 bridgehead atoms. The fourth-order valence-electron chi connectivity index (χ4n) is 4.01. The predicted octanol–water partition coefficient (Wildman–Crippen LogP) is 5.57. The van der Waals surface area contributed by atoms with E-state index < -0.39 is 17.6 Å². The molecule has 0 saturated carbocycles. The van der Waals surface area contributed by atoms with Crippen molar-refractivity contribution in [2.75, 3.05) is 18.4 Å². The highest BCUT2D eigenvalue weighted by molar-refractivity contribution is 6.31. The molecule has 4 rings (SSSR count). The maximum absolute atomic E-state index is 13.1. The first-order valence-electron chi connectivity index (χ1n) is 10.3. The molecule has 1 fully saturated rings. The van der Waals surface area contributed by atoms with Gasteiger partial charge in [0.05, 0.1) is 28.7 Å². The number of piperidine rings is 1. The normalized spacial score (nSPS) is 15.0. The van der Waals surface area contributed by atoms with Gasteiger partial charge in [-0.05, 0) is 68.8 Å². The van der Waals surface area contributed by atoms with Gasteiger partial charge in [-0.25, -0.2) is 4.68 Å².